The Morgan fingerprint density at radius 2 is 2.19 bits per heavy atom. The molecular formula is C14H14N2O4S. The van der Waals surface area contributed by atoms with Crippen molar-refractivity contribution in [3.63, 3.8) is 0 Å². The van der Waals surface area contributed by atoms with Crippen molar-refractivity contribution in [2.75, 3.05) is 5.32 Å². The molecule has 0 aliphatic heterocycles. The van der Waals surface area contributed by atoms with Crippen LogP contribution in [0.4, 0.5) is 11.4 Å². The monoisotopic (exact) mass is 306 g/mol. The van der Waals surface area contributed by atoms with Gasteiger partial charge in [-0.1, -0.05) is 0 Å². The third kappa shape index (κ3) is 3.19. The van der Waals surface area contributed by atoms with E-state index in [9.17, 15) is 14.9 Å². The van der Waals surface area contributed by atoms with Gasteiger partial charge in [-0.25, -0.2) is 4.79 Å². The first-order valence-electron chi connectivity index (χ1n) is 6.21. The van der Waals surface area contributed by atoms with Crippen LogP contribution in [0.1, 0.15) is 34.5 Å². The molecular weight excluding hydrogens is 292 g/mol. The van der Waals surface area contributed by atoms with Crippen molar-refractivity contribution < 1.29 is 14.8 Å². The predicted molar refractivity (Wildman–Crippen MR) is 81.1 cm³/mol. The van der Waals surface area contributed by atoms with Gasteiger partial charge in [0.15, 0.2) is 0 Å². The Bertz CT molecular complexity index is 683. The molecule has 2 rings (SSSR count). The van der Waals surface area contributed by atoms with Crippen LogP contribution in [0.5, 0.6) is 0 Å². The molecule has 1 aromatic carbocycles. The Morgan fingerprint density at radius 3 is 2.71 bits per heavy atom. The molecule has 0 saturated heterocycles. The Kier molecular flexibility index (Phi) is 4.23. The SMILES string of the molecule is Cc1c(NC(C)c2ccsc2)cc(C(=O)O)cc1[N+](=O)[O-]. The van der Waals surface area contributed by atoms with E-state index in [4.69, 9.17) is 5.11 Å². The van der Waals surface area contributed by atoms with E-state index in [0.717, 1.165) is 11.6 Å². The summed E-state index contributed by atoms with van der Waals surface area (Å²) < 4.78 is 0. The largest absolute Gasteiger partial charge is 0.478 e. The van der Waals surface area contributed by atoms with Gasteiger partial charge in [-0.3, -0.25) is 10.1 Å². The second-order valence-electron chi connectivity index (χ2n) is 4.65. The fourth-order valence-corrected chi connectivity index (χ4v) is 2.75. The molecule has 0 bridgehead atoms. The minimum absolute atomic E-state index is 0.0707. The summed E-state index contributed by atoms with van der Waals surface area (Å²) in [5, 5.41) is 27.2. The molecule has 2 N–H and O–H groups in total. The Balaban J connectivity index is 2.42. The van der Waals surface area contributed by atoms with Gasteiger partial charge in [-0.2, -0.15) is 11.3 Å². The van der Waals surface area contributed by atoms with Crippen LogP contribution in [-0.2, 0) is 0 Å². The first-order chi connectivity index (χ1) is 9.90. The van der Waals surface area contributed by atoms with Crippen LogP contribution in [0.15, 0.2) is 29.0 Å². The zero-order chi connectivity index (χ0) is 15.6. The number of hydrogen-bond acceptors (Lipinski definition) is 5. The van der Waals surface area contributed by atoms with E-state index in [2.05, 4.69) is 5.32 Å². The first-order valence-corrected chi connectivity index (χ1v) is 7.15. The van der Waals surface area contributed by atoms with E-state index < -0.39 is 10.9 Å². The van der Waals surface area contributed by atoms with E-state index in [-0.39, 0.29) is 17.3 Å². The number of carbonyl (C=O) groups is 1. The van der Waals surface area contributed by atoms with E-state index in [1.807, 2.05) is 23.8 Å². The molecule has 1 aromatic heterocycles. The van der Waals surface area contributed by atoms with E-state index >= 15 is 0 Å². The minimum atomic E-state index is -1.19. The maximum Gasteiger partial charge on any atom is 0.336 e. The van der Waals surface area contributed by atoms with E-state index in [1.54, 1.807) is 18.3 Å². The molecule has 21 heavy (non-hydrogen) atoms. The number of hydrogen-bond donors (Lipinski definition) is 2. The Morgan fingerprint density at radius 1 is 1.48 bits per heavy atom. The summed E-state index contributed by atoms with van der Waals surface area (Å²) in [5.41, 5.74) is 1.62. The van der Waals surface area contributed by atoms with Gasteiger partial charge in [-0.15, -0.1) is 0 Å². The number of carboxylic acids is 1. The fraction of sp³-hybridized carbons (Fsp3) is 0.214. The summed E-state index contributed by atoms with van der Waals surface area (Å²) in [6.45, 7) is 3.52. The molecule has 0 spiro atoms. The summed E-state index contributed by atoms with van der Waals surface area (Å²) >= 11 is 1.56. The van der Waals surface area contributed by atoms with Crippen LogP contribution >= 0.6 is 11.3 Å². The van der Waals surface area contributed by atoms with Crippen LogP contribution in [-0.4, -0.2) is 16.0 Å². The Hall–Kier alpha value is -2.41. The number of benzene rings is 1. The summed E-state index contributed by atoms with van der Waals surface area (Å²) in [6.07, 6.45) is 0. The highest BCUT2D eigenvalue weighted by Gasteiger charge is 2.20. The van der Waals surface area contributed by atoms with Crippen molar-refractivity contribution in [1.29, 1.82) is 0 Å². The molecule has 0 amide bonds. The highest BCUT2D eigenvalue weighted by Crippen LogP contribution is 2.30. The van der Waals surface area contributed by atoms with Crippen LogP contribution in [0, 0.1) is 17.0 Å². The summed E-state index contributed by atoms with van der Waals surface area (Å²) in [6, 6.07) is 4.39. The van der Waals surface area contributed by atoms with Gasteiger partial charge in [-0.05, 0) is 42.3 Å². The van der Waals surface area contributed by atoms with Gasteiger partial charge in [0.1, 0.15) is 0 Å². The van der Waals surface area contributed by atoms with Crippen molar-refractivity contribution in [3.8, 4) is 0 Å². The lowest BCUT2D eigenvalue weighted by atomic mass is 10.1. The van der Waals surface area contributed by atoms with Gasteiger partial charge in [0.05, 0.1) is 10.5 Å². The van der Waals surface area contributed by atoms with E-state index in [0.29, 0.717) is 11.3 Å². The number of nitro benzene ring substituents is 1. The average Bonchev–Trinajstić information content (AvgIpc) is 2.94. The highest BCUT2D eigenvalue weighted by molar-refractivity contribution is 7.08. The second kappa shape index (κ2) is 5.92. The standard InChI is InChI=1S/C14H14N2O4S/c1-8-12(15-9(2)10-3-4-21-7-10)5-11(14(17)18)6-13(8)16(19)20/h3-7,9,15H,1-2H3,(H,17,18). The molecule has 0 aliphatic carbocycles. The Labute approximate surface area is 125 Å². The van der Waals surface area contributed by atoms with Crippen LogP contribution < -0.4 is 5.32 Å². The first kappa shape index (κ1) is 15.0. The third-order valence-electron chi connectivity index (χ3n) is 3.24. The lowest BCUT2D eigenvalue weighted by Crippen LogP contribution is -2.09. The van der Waals surface area contributed by atoms with Gasteiger partial charge in [0, 0.05) is 23.4 Å². The van der Waals surface area contributed by atoms with Gasteiger partial charge in [0.25, 0.3) is 5.69 Å². The van der Waals surface area contributed by atoms with E-state index in [1.165, 1.54) is 6.07 Å². The smallest absolute Gasteiger partial charge is 0.336 e. The number of nitrogens with one attached hydrogen (secondary N) is 1. The molecule has 1 unspecified atom stereocenters. The summed E-state index contributed by atoms with van der Waals surface area (Å²) in [5.74, 6) is -1.19. The van der Waals surface area contributed by atoms with Crippen molar-refractivity contribution in [3.05, 3.63) is 55.8 Å². The fourth-order valence-electron chi connectivity index (χ4n) is 2.00. The van der Waals surface area contributed by atoms with Gasteiger partial charge < -0.3 is 10.4 Å². The second-order valence-corrected chi connectivity index (χ2v) is 5.43. The molecule has 110 valence electrons. The molecule has 6 nitrogen and oxygen atoms in total. The number of nitro groups is 1. The molecule has 0 aliphatic rings. The average molecular weight is 306 g/mol. The molecule has 2 aromatic rings. The maximum atomic E-state index is 11.1. The summed E-state index contributed by atoms with van der Waals surface area (Å²) in [4.78, 5) is 21.6. The predicted octanol–water partition coefficient (Wildman–Crippen LogP) is 3.84. The molecule has 0 saturated carbocycles. The van der Waals surface area contributed by atoms with Crippen molar-refractivity contribution in [1.82, 2.24) is 0 Å². The quantitative estimate of drug-likeness (QED) is 0.646. The van der Waals surface area contributed by atoms with Gasteiger partial charge in [0.2, 0.25) is 0 Å². The lowest BCUT2D eigenvalue weighted by Gasteiger charge is -2.16. The summed E-state index contributed by atoms with van der Waals surface area (Å²) in [7, 11) is 0. The number of rotatable bonds is 5. The number of carboxylic acid groups (broad SMARTS) is 1. The maximum absolute atomic E-state index is 11.1. The molecule has 0 radical (unpaired) electrons. The number of aromatic carboxylic acids is 1. The highest BCUT2D eigenvalue weighted by atomic mass is 32.1. The molecule has 1 heterocycles. The normalized spacial score (nSPS) is 11.9. The lowest BCUT2D eigenvalue weighted by molar-refractivity contribution is -0.385. The van der Waals surface area contributed by atoms with Crippen LogP contribution in [0.3, 0.4) is 0 Å². The van der Waals surface area contributed by atoms with Crippen LogP contribution in [0.25, 0.3) is 0 Å². The van der Waals surface area contributed by atoms with Crippen molar-refractivity contribution in [2.45, 2.75) is 19.9 Å². The molecule has 7 heteroatoms. The number of anilines is 1. The zero-order valence-electron chi connectivity index (χ0n) is 11.5. The molecule has 1 atom stereocenters. The number of nitrogens with zero attached hydrogens (tertiary/aromatic N) is 1. The topological polar surface area (TPSA) is 92.5 Å². The molecule has 0 fully saturated rings. The third-order valence-corrected chi connectivity index (χ3v) is 3.94. The zero-order valence-corrected chi connectivity index (χ0v) is 12.3. The van der Waals surface area contributed by atoms with Crippen molar-refractivity contribution in [2.24, 2.45) is 0 Å². The number of thiophene rings is 1. The van der Waals surface area contributed by atoms with Gasteiger partial charge >= 0.3 is 5.97 Å². The van der Waals surface area contributed by atoms with Crippen LogP contribution in [0.2, 0.25) is 0 Å². The van der Waals surface area contributed by atoms with Crippen molar-refractivity contribution >= 4 is 28.7 Å². The minimum Gasteiger partial charge on any atom is -0.478 e.